The van der Waals surface area contributed by atoms with Crippen molar-refractivity contribution in [3.8, 4) is 0 Å². The highest BCUT2D eigenvalue weighted by atomic mass is 15.1. The standard InChI is InChI=1S/C13H28N2/c1-4-13(5-2)7-10-15(11-8-13)12-9-14-6-3/h14H,4-12H2,1-3H3. The summed E-state index contributed by atoms with van der Waals surface area (Å²) in [5.74, 6) is 0. The van der Waals surface area contributed by atoms with Crippen molar-refractivity contribution in [2.45, 2.75) is 46.5 Å². The highest BCUT2D eigenvalue weighted by Gasteiger charge is 2.30. The molecule has 1 rings (SSSR count). The van der Waals surface area contributed by atoms with Gasteiger partial charge in [-0.15, -0.1) is 0 Å². The van der Waals surface area contributed by atoms with Crippen molar-refractivity contribution >= 4 is 0 Å². The third-order valence-electron chi connectivity index (χ3n) is 4.27. The van der Waals surface area contributed by atoms with Crippen molar-refractivity contribution in [2.75, 3.05) is 32.7 Å². The van der Waals surface area contributed by atoms with Gasteiger partial charge in [-0.3, -0.25) is 0 Å². The summed E-state index contributed by atoms with van der Waals surface area (Å²) >= 11 is 0. The Morgan fingerprint density at radius 1 is 1.07 bits per heavy atom. The molecule has 0 atom stereocenters. The molecule has 0 aliphatic carbocycles. The summed E-state index contributed by atoms with van der Waals surface area (Å²) in [5, 5.41) is 3.40. The lowest BCUT2D eigenvalue weighted by Crippen LogP contribution is -2.42. The minimum Gasteiger partial charge on any atom is -0.316 e. The molecule has 1 saturated heterocycles. The zero-order valence-electron chi connectivity index (χ0n) is 10.8. The van der Waals surface area contributed by atoms with E-state index in [1.807, 2.05) is 0 Å². The zero-order valence-corrected chi connectivity index (χ0v) is 10.8. The van der Waals surface area contributed by atoms with Crippen LogP contribution in [-0.2, 0) is 0 Å². The van der Waals surface area contributed by atoms with Gasteiger partial charge in [-0.25, -0.2) is 0 Å². The normalized spacial score (nSPS) is 21.8. The number of rotatable bonds is 6. The van der Waals surface area contributed by atoms with Crippen molar-refractivity contribution in [3.05, 3.63) is 0 Å². The molecule has 0 spiro atoms. The lowest BCUT2D eigenvalue weighted by molar-refractivity contribution is 0.0962. The average molecular weight is 212 g/mol. The van der Waals surface area contributed by atoms with E-state index < -0.39 is 0 Å². The van der Waals surface area contributed by atoms with E-state index in [0.717, 1.165) is 13.1 Å². The van der Waals surface area contributed by atoms with Gasteiger partial charge in [0.05, 0.1) is 0 Å². The highest BCUT2D eigenvalue weighted by molar-refractivity contribution is 4.84. The van der Waals surface area contributed by atoms with Crippen LogP contribution in [0.4, 0.5) is 0 Å². The van der Waals surface area contributed by atoms with E-state index in [4.69, 9.17) is 0 Å². The van der Waals surface area contributed by atoms with Crippen molar-refractivity contribution in [3.63, 3.8) is 0 Å². The Morgan fingerprint density at radius 2 is 1.67 bits per heavy atom. The summed E-state index contributed by atoms with van der Waals surface area (Å²) in [7, 11) is 0. The molecule has 0 saturated carbocycles. The Kier molecular flexibility index (Phi) is 5.62. The minimum atomic E-state index is 0.675. The second-order valence-corrected chi connectivity index (χ2v) is 4.90. The summed E-state index contributed by atoms with van der Waals surface area (Å²) in [6.07, 6.45) is 5.55. The van der Waals surface area contributed by atoms with Gasteiger partial charge in [-0.1, -0.05) is 33.6 Å². The Hall–Kier alpha value is -0.0800. The summed E-state index contributed by atoms with van der Waals surface area (Å²) in [4.78, 5) is 2.62. The Morgan fingerprint density at radius 3 is 2.13 bits per heavy atom. The van der Waals surface area contributed by atoms with Crippen molar-refractivity contribution in [1.82, 2.24) is 10.2 Å². The maximum absolute atomic E-state index is 3.40. The van der Waals surface area contributed by atoms with Crippen LogP contribution in [0.25, 0.3) is 0 Å². The molecule has 1 aliphatic heterocycles. The molecule has 90 valence electrons. The monoisotopic (exact) mass is 212 g/mol. The van der Waals surface area contributed by atoms with E-state index in [2.05, 4.69) is 31.0 Å². The molecule has 1 heterocycles. The molecule has 0 unspecified atom stereocenters. The maximum atomic E-state index is 3.40. The van der Waals surface area contributed by atoms with Gasteiger partial charge in [0.1, 0.15) is 0 Å². The molecule has 2 heteroatoms. The van der Waals surface area contributed by atoms with Crippen molar-refractivity contribution in [2.24, 2.45) is 5.41 Å². The number of likely N-dealkylation sites (N-methyl/N-ethyl adjacent to an activating group) is 1. The van der Waals surface area contributed by atoms with Gasteiger partial charge in [0, 0.05) is 13.1 Å². The molecule has 0 amide bonds. The van der Waals surface area contributed by atoms with Gasteiger partial charge < -0.3 is 10.2 Å². The Labute approximate surface area is 95.4 Å². The molecule has 1 fully saturated rings. The first-order valence-electron chi connectivity index (χ1n) is 6.69. The second kappa shape index (κ2) is 6.49. The fraction of sp³-hybridized carbons (Fsp3) is 1.00. The fourth-order valence-corrected chi connectivity index (χ4v) is 2.62. The summed E-state index contributed by atoms with van der Waals surface area (Å²) < 4.78 is 0. The molecular formula is C13H28N2. The van der Waals surface area contributed by atoms with Crippen LogP contribution >= 0.6 is 0 Å². The first-order valence-corrected chi connectivity index (χ1v) is 6.69. The first kappa shape index (κ1) is 13.0. The van der Waals surface area contributed by atoms with E-state index in [-0.39, 0.29) is 0 Å². The SMILES string of the molecule is CCNCCN1CCC(CC)(CC)CC1. The van der Waals surface area contributed by atoms with Crippen LogP contribution in [-0.4, -0.2) is 37.6 Å². The smallest absolute Gasteiger partial charge is 0.0107 e. The third kappa shape index (κ3) is 3.76. The Bertz CT molecular complexity index is 154. The zero-order chi connectivity index (χ0) is 11.1. The molecule has 0 bridgehead atoms. The second-order valence-electron chi connectivity index (χ2n) is 4.90. The predicted molar refractivity (Wildman–Crippen MR) is 67.2 cm³/mol. The topological polar surface area (TPSA) is 15.3 Å². The summed E-state index contributed by atoms with van der Waals surface area (Å²) in [5.41, 5.74) is 0.675. The van der Waals surface area contributed by atoms with Crippen LogP contribution in [0, 0.1) is 5.41 Å². The van der Waals surface area contributed by atoms with E-state index in [9.17, 15) is 0 Å². The number of nitrogens with zero attached hydrogens (tertiary/aromatic N) is 1. The molecule has 0 radical (unpaired) electrons. The quantitative estimate of drug-likeness (QED) is 0.681. The molecular weight excluding hydrogens is 184 g/mol. The van der Waals surface area contributed by atoms with Crippen molar-refractivity contribution in [1.29, 1.82) is 0 Å². The predicted octanol–water partition coefficient (Wildman–Crippen LogP) is 2.50. The minimum absolute atomic E-state index is 0.675. The van der Waals surface area contributed by atoms with Crippen LogP contribution in [0.15, 0.2) is 0 Å². The number of hydrogen-bond acceptors (Lipinski definition) is 2. The largest absolute Gasteiger partial charge is 0.316 e. The highest BCUT2D eigenvalue weighted by Crippen LogP contribution is 2.37. The van der Waals surface area contributed by atoms with E-state index >= 15 is 0 Å². The lowest BCUT2D eigenvalue weighted by atomic mass is 9.74. The van der Waals surface area contributed by atoms with Crippen LogP contribution in [0.5, 0.6) is 0 Å². The third-order valence-corrected chi connectivity index (χ3v) is 4.27. The van der Waals surface area contributed by atoms with Gasteiger partial charge in [0.25, 0.3) is 0 Å². The van der Waals surface area contributed by atoms with Crippen LogP contribution in [0.3, 0.4) is 0 Å². The van der Waals surface area contributed by atoms with E-state index in [1.54, 1.807) is 0 Å². The molecule has 1 aliphatic rings. The van der Waals surface area contributed by atoms with Gasteiger partial charge in [-0.2, -0.15) is 0 Å². The lowest BCUT2D eigenvalue weighted by Gasteiger charge is -2.41. The summed E-state index contributed by atoms with van der Waals surface area (Å²) in [6, 6.07) is 0. The molecule has 1 N–H and O–H groups in total. The maximum Gasteiger partial charge on any atom is 0.0107 e. The fourth-order valence-electron chi connectivity index (χ4n) is 2.62. The van der Waals surface area contributed by atoms with Crippen molar-refractivity contribution < 1.29 is 0 Å². The average Bonchev–Trinajstić information content (AvgIpc) is 2.31. The summed E-state index contributed by atoms with van der Waals surface area (Å²) in [6.45, 7) is 13.0. The van der Waals surface area contributed by atoms with Gasteiger partial charge >= 0.3 is 0 Å². The van der Waals surface area contributed by atoms with Gasteiger partial charge in [0.15, 0.2) is 0 Å². The number of nitrogens with one attached hydrogen (secondary N) is 1. The van der Waals surface area contributed by atoms with E-state index in [1.165, 1.54) is 45.3 Å². The number of piperidine rings is 1. The molecule has 15 heavy (non-hydrogen) atoms. The van der Waals surface area contributed by atoms with Crippen LogP contribution < -0.4 is 5.32 Å². The molecule has 0 aromatic carbocycles. The number of likely N-dealkylation sites (tertiary alicyclic amines) is 1. The molecule has 0 aromatic rings. The first-order chi connectivity index (χ1) is 7.26. The van der Waals surface area contributed by atoms with Crippen LogP contribution in [0.2, 0.25) is 0 Å². The molecule has 2 nitrogen and oxygen atoms in total. The van der Waals surface area contributed by atoms with Gasteiger partial charge in [0.2, 0.25) is 0 Å². The van der Waals surface area contributed by atoms with Crippen LogP contribution in [0.1, 0.15) is 46.5 Å². The molecule has 0 aromatic heterocycles. The van der Waals surface area contributed by atoms with E-state index in [0.29, 0.717) is 5.41 Å². The number of hydrogen-bond donors (Lipinski definition) is 1. The Balaban J connectivity index is 2.22. The van der Waals surface area contributed by atoms with Gasteiger partial charge in [-0.05, 0) is 37.9 Å².